The molecule has 1 saturated carbocycles. The third-order valence-corrected chi connectivity index (χ3v) is 3.93. The number of alkyl halides is 3. The first-order valence-corrected chi connectivity index (χ1v) is 7.31. The summed E-state index contributed by atoms with van der Waals surface area (Å²) in [5, 5.41) is 9.88. The Labute approximate surface area is 131 Å². The Balaban J connectivity index is 1.89. The molecule has 2 N–H and O–H groups in total. The molecule has 0 bridgehead atoms. The summed E-state index contributed by atoms with van der Waals surface area (Å²) < 4.78 is 40.3. The van der Waals surface area contributed by atoms with Gasteiger partial charge in [-0.1, -0.05) is 6.42 Å². The molecule has 2 aromatic rings. The number of nitrogens with one attached hydrogen (secondary N) is 2. The Morgan fingerprint density at radius 3 is 2.61 bits per heavy atom. The molecule has 2 heterocycles. The zero-order valence-electron chi connectivity index (χ0n) is 12.8. The molecule has 6 nitrogen and oxygen atoms in total. The van der Waals surface area contributed by atoms with E-state index in [0.29, 0.717) is 5.92 Å². The Kier molecular flexibility index (Phi) is 3.87. The lowest BCUT2D eigenvalue weighted by Crippen LogP contribution is -2.14. The van der Waals surface area contributed by atoms with Gasteiger partial charge >= 0.3 is 6.18 Å². The summed E-state index contributed by atoms with van der Waals surface area (Å²) >= 11 is 0. The van der Waals surface area contributed by atoms with Crippen LogP contribution in [0.4, 0.5) is 30.6 Å². The summed E-state index contributed by atoms with van der Waals surface area (Å²) in [4.78, 5) is 7.70. The van der Waals surface area contributed by atoms with Crippen LogP contribution in [0, 0.1) is 0 Å². The van der Waals surface area contributed by atoms with Crippen LogP contribution in [0.5, 0.6) is 0 Å². The normalized spacial score (nSPS) is 15.3. The van der Waals surface area contributed by atoms with Gasteiger partial charge in [0.05, 0.1) is 11.4 Å². The standard InChI is InChI=1S/C14H17F3N6/c1-18-12-9(14(15,16)17)6-19-13(21-12)20-10-7-23(2)22-11(10)8-4-3-5-8/h6-8H,3-5H2,1-2H3,(H2,18,19,20,21). The number of hydrogen-bond donors (Lipinski definition) is 2. The molecule has 0 unspecified atom stereocenters. The first-order valence-electron chi connectivity index (χ1n) is 7.31. The number of halogens is 3. The summed E-state index contributed by atoms with van der Waals surface area (Å²) in [5.74, 6) is 0.233. The molecule has 9 heteroatoms. The van der Waals surface area contributed by atoms with Gasteiger partial charge in [-0.3, -0.25) is 4.68 Å². The van der Waals surface area contributed by atoms with Crippen LogP contribution in [0.3, 0.4) is 0 Å². The van der Waals surface area contributed by atoms with Crippen LogP contribution in [-0.4, -0.2) is 26.8 Å². The molecule has 0 radical (unpaired) electrons. The van der Waals surface area contributed by atoms with Gasteiger partial charge in [0, 0.05) is 32.4 Å². The van der Waals surface area contributed by atoms with Crippen molar-refractivity contribution in [3.8, 4) is 0 Å². The fourth-order valence-corrected chi connectivity index (χ4v) is 2.55. The van der Waals surface area contributed by atoms with Gasteiger partial charge < -0.3 is 10.6 Å². The van der Waals surface area contributed by atoms with Gasteiger partial charge in [0.2, 0.25) is 5.95 Å². The Morgan fingerprint density at radius 1 is 1.30 bits per heavy atom. The van der Waals surface area contributed by atoms with Crippen LogP contribution in [0.2, 0.25) is 0 Å². The van der Waals surface area contributed by atoms with E-state index in [4.69, 9.17) is 0 Å². The quantitative estimate of drug-likeness (QED) is 0.902. The number of aryl methyl sites for hydroxylation is 1. The van der Waals surface area contributed by atoms with Crippen LogP contribution < -0.4 is 10.6 Å². The molecular weight excluding hydrogens is 309 g/mol. The third-order valence-electron chi connectivity index (χ3n) is 3.93. The molecule has 0 aromatic carbocycles. The van der Waals surface area contributed by atoms with E-state index in [-0.39, 0.29) is 11.8 Å². The molecular formula is C14H17F3N6. The summed E-state index contributed by atoms with van der Waals surface area (Å²) in [6.07, 6.45) is 1.38. The Hall–Kier alpha value is -2.32. The maximum absolute atomic E-state index is 12.9. The first-order chi connectivity index (χ1) is 10.9. The van der Waals surface area contributed by atoms with Gasteiger partial charge in [0.25, 0.3) is 0 Å². The number of nitrogens with zero attached hydrogens (tertiary/aromatic N) is 4. The van der Waals surface area contributed by atoms with Crippen molar-refractivity contribution in [2.75, 3.05) is 17.7 Å². The van der Waals surface area contributed by atoms with E-state index in [1.807, 2.05) is 0 Å². The van der Waals surface area contributed by atoms with Crippen molar-refractivity contribution in [2.45, 2.75) is 31.4 Å². The number of rotatable bonds is 4. The van der Waals surface area contributed by atoms with Crippen molar-refractivity contribution in [3.05, 3.63) is 23.7 Å². The summed E-state index contributed by atoms with van der Waals surface area (Å²) in [6.45, 7) is 0. The van der Waals surface area contributed by atoms with Crippen LogP contribution in [0.1, 0.15) is 36.4 Å². The number of hydrogen-bond acceptors (Lipinski definition) is 5. The van der Waals surface area contributed by atoms with Crippen molar-refractivity contribution >= 4 is 17.5 Å². The molecule has 0 saturated heterocycles. The lowest BCUT2D eigenvalue weighted by atomic mass is 9.82. The Bertz CT molecular complexity index is 705. The molecule has 0 atom stereocenters. The summed E-state index contributed by atoms with van der Waals surface area (Å²) in [6, 6.07) is 0. The highest BCUT2D eigenvalue weighted by atomic mass is 19.4. The monoisotopic (exact) mass is 326 g/mol. The topological polar surface area (TPSA) is 67.7 Å². The summed E-state index contributed by atoms with van der Waals surface area (Å²) in [7, 11) is 3.20. The van der Waals surface area contributed by atoms with Gasteiger partial charge in [-0.25, -0.2) is 4.98 Å². The van der Waals surface area contributed by atoms with Crippen molar-refractivity contribution in [2.24, 2.45) is 7.05 Å². The minimum atomic E-state index is -4.50. The zero-order valence-corrected chi connectivity index (χ0v) is 12.8. The van der Waals surface area contributed by atoms with Crippen molar-refractivity contribution in [1.82, 2.24) is 19.7 Å². The maximum Gasteiger partial charge on any atom is 0.421 e. The molecule has 1 aliphatic rings. The predicted molar refractivity (Wildman–Crippen MR) is 79.7 cm³/mol. The van der Waals surface area contributed by atoms with Crippen LogP contribution in [0.25, 0.3) is 0 Å². The van der Waals surface area contributed by atoms with E-state index in [1.54, 1.807) is 17.9 Å². The minimum absolute atomic E-state index is 0.107. The second-order valence-corrected chi connectivity index (χ2v) is 5.56. The zero-order chi connectivity index (χ0) is 16.6. The molecule has 2 aromatic heterocycles. The highest BCUT2D eigenvalue weighted by molar-refractivity contribution is 5.59. The molecule has 0 amide bonds. The highest BCUT2D eigenvalue weighted by Crippen LogP contribution is 2.39. The van der Waals surface area contributed by atoms with E-state index < -0.39 is 11.7 Å². The largest absolute Gasteiger partial charge is 0.421 e. The average Bonchev–Trinajstić information content (AvgIpc) is 2.76. The average molecular weight is 326 g/mol. The van der Waals surface area contributed by atoms with Gasteiger partial charge in [0.1, 0.15) is 11.4 Å². The first kappa shape index (κ1) is 15.6. The van der Waals surface area contributed by atoms with E-state index in [2.05, 4.69) is 25.7 Å². The fraction of sp³-hybridized carbons (Fsp3) is 0.500. The lowest BCUT2D eigenvalue weighted by Gasteiger charge is -2.24. The minimum Gasteiger partial charge on any atom is -0.372 e. The molecule has 3 rings (SSSR count). The van der Waals surface area contributed by atoms with Gasteiger partial charge in [-0.05, 0) is 12.8 Å². The summed E-state index contributed by atoms with van der Waals surface area (Å²) in [5.41, 5.74) is 0.753. The second-order valence-electron chi connectivity index (χ2n) is 5.56. The number of anilines is 3. The SMILES string of the molecule is CNc1nc(Nc2cn(C)nc2C2CCC2)ncc1C(F)(F)F. The van der Waals surface area contributed by atoms with E-state index in [0.717, 1.165) is 30.4 Å². The maximum atomic E-state index is 12.9. The third kappa shape index (κ3) is 3.08. The van der Waals surface area contributed by atoms with Crippen LogP contribution in [0.15, 0.2) is 12.4 Å². The second kappa shape index (κ2) is 5.71. The van der Waals surface area contributed by atoms with E-state index in [1.165, 1.54) is 13.5 Å². The molecule has 23 heavy (non-hydrogen) atoms. The molecule has 124 valence electrons. The smallest absolute Gasteiger partial charge is 0.372 e. The van der Waals surface area contributed by atoms with Gasteiger partial charge in [0.15, 0.2) is 0 Å². The molecule has 1 fully saturated rings. The fourth-order valence-electron chi connectivity index (χ4n) is 2.55. The van der Waals surface area contributed by atoms with Gasteiger partial charge in [-0.2, -0.15) is 23.3 Å². The van der Waals surface area contributed by atoms with Gasteiger partial charge in [-0.15, -0.1) is 0 Å². The predicted octanol–water partition coefficient (Wildman–Crippen LogP) is 3.28. The van der Waals surface area contributed by atoms with Crippen LogP contribution in [-0.2, 0) is 13.2 Å². The Morgan fingerprint density at radius 2 is 2.04 bits per heavy atom. The molecule has 0 aliphatic heterocycles. The van der Waals surface area contributed by atoms with Crippen LogP contribution >= 0.6 is 0 Å². The van der Waals surface area contributed by atoms with Crippen molar-refractivity contribution < 1.29 is 13.2 Å². The van der Waals surface area contributed by atoms with E-state index >= 15 is 0 Å². The van der Waals surface area contributed by atoms with Crippen molar-refractivity contribution in [3.63, 3.8) is 0 Å². The van der Waals surface area contributed by atoms with Crippen molar-refractivity contribution in [1.29, 1.82) is 0 Å². The molecule has 0 spiro atoms. The highest BCUT2D eigenvalue weighted by Gasteiger charge is 2.35. The molecule has 1 aliphatic carbocycles. The lowest BCUT2D eigenvalue weighted by molar-refractivity contribution is -0.137. The number of aromatic nitrogens is 4. The van der Waals surface area contributed by atoms with E-state index in [9.17, 15) is 13.2 Å².